The maximum atomic E-state index is 11.2. The van der Waals surface area contributed by atoms with Gasteiger partial charge in [-0.15, -0.1) is 0 Å². The molecule has 0 amide bonds. The monoisotopic (exact) mass is 443 g/mol. The molecule has 4 rings (SSSR count). The second-order valence-electron chi connectivity index (χ2n) is 7.30. The van der Waals surface area contributed by atoms with Crippen LogP contribution in [0, 0.1) is 0 Å². The van der Waals surface area contributed by atoms with Gasteiger partial charge in [0.05, 0.1) is 19.6 Å². The van der Waals surface area contributed by atoms with Crippen LogP contribution in [0.1, 0.15) is 12.8 Å². The van der Waals surface area contributed by atoms with Crippen LogP contribution in [0.4, 0.5) is 5.82 Å². The number of furan rings is 1. The minimum atomic E-state index is -0.351. The van der Waals surface area contributed by atoms with Crippen LogP contribution in [0.3, 0.4) is 0 Å². The third-order valence-electron chi connectivity index (χ3n) is 5.20. The molecule has 2 heterocycles. The Morgan fingerprint density at radius 2 is 1.82 bits per heavy atom. The van der Waals surface area contributed by atoms with E-state index in [4.69, 9.17) is 9.15 Å². The highest BCUT2D eigenvalue weighted by Gasteiger charge is 2.22. The predicted octanol–water partition coefficient (Wildman–Crippen LogP) is 5.49. The van der Waals surface area contributed by atoms with Crippen molar-refractivity contribution in [1.29, 1.82) is 0 Å². The summed E-state index contributed by atoms with van der Waals surface area (Å²) in [5.74, 6) is 1.87. The highest BCUT2D eigenvalue weighted by molar-refractivity contribution is 6.05. The number of benzene rings is 2. The van der Waals surface area contributed by atoms with Crippen LogP contribution in [0.5, 0.6) is 5.75 Å². The Labute approximate surface area is 192 Å². The first-order valence-corrected chi connectivity index (χ1v) is 10.7. The SMILES string of the molecule is COC(=O)/C=C/CCCNc1ncnc2oc(-c3ccccc3)c(-c3ccc(OC)cc3)c12. The number of carbonyl (C=O) groups is 1. The van der Waals surface area contributed by atoms with Gasteiger partial charge in [0.25, 0.3) is 0 Å². The average molecular weight is 444 g/mol. The van der Waals surface area contributed by atoms with E-state index < -0.39 is 0 Å². The molecule has 0 radical (unpaired) electrons. The Bertz CT molecular complexity index is 1250. The Morgan fingerprint density at radius 3 is 2.55 bits per heavy atom. The highest BCUT2D eigenvalue weighted by Crippen LogP contribution is 2.42. The van der Waals surface area contributed by atoms with Gasteiger partial charge in [-0.2, -0.15) is 0 Å². The molecule has 0 aliphatic rings. The molecule has 0 fully saturated rings. The van der Waals surface area contributed by atoms with Crippen LogP contribution < -0.4 is 10.1 Å². The number of rotatable bonds is 9. The minimum Gasteiger partial charge on any atom is -0.497 e. The van der Waals surface area contributed by atoms with Gasteiger partial charge in [-0.1, -0.05) is 48.5 Å². The van der Waals surface area contributed by atoms with Gasteiger partial charge in [0, 0.05) is 23.7 Å². The van der Waals surface area contributed by atoms with E-state index in [9.17, 15) is 4.79 Å². The van der Waals surface area contributed by atoms with E-state index in [1.807, 2.05) is 54.6 Å². The molecule has 0 aliphatic heterocycles. The molecule has 0 unspecified atom stereocenters. The summed E-state index contributed by atoms with van der Waals surface area (Å²) >= 11 is 0. The molecule has 0 atom stereocenters. The molecular formula is C26H25N3O4. The molecule has 2 aromatic heterocycles. The molecule has 7 nitrogen and oxygen atoms in total. The van der Waals surface area contributed by atoms with Crippen LogP contribution in [-0.2, 0) is 9.53 Å². The number of hydrogen-bond acceptors (Lipinski definition) is 7. The first kappa shape index (κ1) is 22.1. The first-order valence-electron chi connectivity index (χ1n) is 10.7. The minimum absolute atomic E-state index is 0.351. The number of unbranched alkanes of at least 4 members (excludes halogenated alkanes) is 1. The number of anilines is 1. The van der Waals surface area contributed by atoms with E-state index in [2.05, 4.69) is 20.0 Å². The van der Waals surface area contributed by atoms with E-state index in [0.29, 0.717) is 18.1 Å². The maximum absolute atomic E-state index is 11.2. The van der Waals surface area contributed by atoms with Crippen molar-refractivity contribution >= 4 is 22.9 Å². The number of ether oxygens (including phenoxy) is 2. The third-order valence-corrected chi connectivity index (χ3v) is 5.20. The number of nitrogens with zero attached hydrogens (tertiary/aromatic N) is 2. The number of fused-ring (bicyclic) bond motifs is 1. The number of methoxy groups -OCH3 is 2. The van der Waals surface area contributed by atoms with E-state index in [1.165, 1.54) is 19.5 Å². The number of aromatic nitrogens is 2. The van der Waals surface area contributed by atoms with Crippen LogP contribution in [-0.4, -0.2) is 36.7 Å². The van der Waals surface area contributed by atoms with E-state index >= 15 is 0 Å². The Balaban J connectivity index is 1.69. The molecule has 0 aliphatic carbocycles. The smallest absolute Gasteiger partial charge is 0.330 e. The quantitative estimate of drug-likeness (QED) is 0.208. The summed E-state index contributed by atoms with van der Waals surface area (Å²) in [6.45, 7) is 0.672. The molecule has 2 aromatic carbocycles. The van der Waals surface area contributed by atoms with E-state index in [-0.39, 0.29) is 5.97 Å². The lowest BCUT2D eigenvalue weighted by Crippen LogP contribution is -2.04. The van der Waals surface area contributed by atoms with Crippen molar-refractivity contribution in [2.24, 2.45) is 0 Å². The summed E-state index contributed by atoms with van der Waals surface area (Å²) in [4.78, 5) is 20.1. The third kappa shape index (κ3) is 5.03. The Morgan fingerprint density at radius 1 is 1.03 bits per heavy atom. The van der Waals surface area contributed by atoms with Gasteiger partial charge in [-0.3, -0.25) is 0 Å². The largest absolute Gasteiger partial charge is 0.497 e. The summed E-state index contributed by atoms with van der Waals surface area (Å²) < 4.78 is 16.2. The van der Waals surface area contributed by atoms with Crippen LogP contribution >= 0.6 is 0 Å². The fourth-order valence-corrected chi connectivity index (χ4v) is 3.57. The molecule has 33 heavy (non-hydrogen) atoms. The molecule has 0 saturated heterocycles. The summed E-state index contributed by atoms with van der Waals surface area (Å²) in [6, 6.07) is 17.8. The molecule has 7 heteroatoms. The lowest BCUT2D eigenvalue weighted by Gasteiger charge is -2.09. The van der Waals surface area contributed by atoms with Crippen molar-refractivity contribution in [3.05, 3.63) is 73.1 Å². The number of nitrogens with one attached hydrogen (secondary N) is 1. The molecular weight excluding hydrogens is 418 g/mol. The molecule has 0 saturated carbocycles. The van der Waals surface area contributed by atoms with Crippen molar-refractivity contribution < 1.29 is 18.7 Å². The van der Waals surface area contributed by atoms with E-state index in [1.54, 1.807) is 13.2 Å². The molecule has 168 valence electrons. The zero-order valence-electron chi connectivity index (χ0n) is 18.6. The number of carbonyl (C=O) groups excluding carboxylic acids is 1. The lowest BCUT2D eigenvalue weighted by molar-refractivity contribution is -0.134. The Kier molecular flexibility index (Phi) is 6.99. The molecule has 1 N–H and O–H groups in total. The summed E-state index contributed by atoms with van der Waals surface area (Å²) in [6.07, 6.45) is 6.30. The fourth-order valence-electron chi connectivity index (χ4n) is 3.57. The summed E-state index contributed by atoms with van der Waals surface area (Å²) in [7, 11) is 3.01. The second-order valence-corrected chi connectivity index (χ2v) is 7.30. The van der Waals surface area contributed by atoms with Crippen LogP contribution in [0.15, 0.2) is 77.5 Å². The second kappa shape index (κ2) is 10.5. The first-order chi connectivity index (χ1) is 16.2. The molecule has 0 spiro atoms. The van der Waals surface area contributed by atoms with Gasteiger partial charge in [-0.05, 0) is 30.5 Å². The van der Waals surface area contributed by atoms with Crippen molar-refractivity contribution in [1.82, 2.24) is 9.97 Å². The number of hydrogen-bond donors (Lipinski definition) is 1. The van der Waals surface area contributed by atoms with Gasteiger partial charge >= 0.3 is 5.97 Å². The molecule has 4 aromatic rings. The highest BCUT2D eigenvalue weighted by atomic mass is 16.5. The van der Waals surface area contributed by atoms with Crippen LogP contribution in [0.2, 0.25) is 0 Å². The number of allylic oxidation sites excluding steroid dienone is 1. The van der Waals surface area contributed by atoms with Gasteiger partial charge in [0.2, 0.25) is 5.71 Å². The average Bonchev–Trinajstić information content (AvgIpc) is 3.27. The van der Waals surface area contributed by atoms with Crippen molar-refractivity contribution in [3.63, 3.8) is 0 Å². The fraction of sp³-hybridized carbons (Fsp3) is 0.192. The van der Waals surface area contributed by atoms with Crippen molar-refractivity contribution in [3.8, 4) is 28.2 Å². The topological polar surface area (TPSA) is 86.5 Å². The zero-order valence-corrected chi connectivity index (χ0v) is 18.6. The van der Waals surface area contributed by atoms with Crippen LogP contribution in [0.25, 0.3) is 33.6 Å². The lowest BCUT2D eigenvalue weighted by atomic mass is 9.99. The van der Waals surface area contributed by atoms with Gasteiger partial charge in [-0.25, -0.2) is 14.8 Å². The summed E-state index contributed by atoms with van der Waals surface area (Å²) in [5.41, 5.74) is 3.38. The van der Waals surface area contributed by atoms with Crippen molar-refractivity contribution in [2.45, 2.75) is 12.8 Å². The maximum Gasteiger partial charge on any atom is 0.330 e. The normalized spacial score (nSPS) is 11.1. The van der Waals surface area contributed by atoms with E-state index in [0.717, 1.165) is 46.4 Å². The van der Waals surface area contributed by atoms with Gasteiger partial charge < -0.3 is 19.2 Å². The molecule has 0 bridgehead atoms. The standard InChI is InChI=1S/C26H25N3O4/c1-31-20-14-12-18(13-15-20)22-23-25(27-16-8-4-7-11-21(30)32-2)28-17-29-26(23)33-24(22)19-9-5-3-6-10-19/h3,5-7,9-15,17H,4,8,16H2,1-2H3,(H,27,28,29)/b11-7+. The number of esters is 1. The van der Waals surface area contributed by atoms with Crippen molar-refractivity contribution in [2.75, 3.05) is 26.1 Å². The predicted molar refractivity (Wildman–Crippen MR) is 128 cm³/mol. The van der Waals surface area contributed by atoms with Gasteiger partial charge in [0.15, 0.2) is 0 Å². The Hall–Kier alpha value is -4.13. The van der Waals surface area contributed by atoms with Gasteiger partial charge in [0.1, 0.15) is 23.7 Å². The summed E-state index contributed by atoms with van der Waals surface area (Å²) in [5, 5.41) is 4.23. The zero-order chi connectivity index (χ0) is 23.0.